The number of carbonyl (C=O) groups excluding carboxylic acids is 5. The molecule has 0 aromatic carbocycles. The predicted molar refractivity (Wildman–Crippen MR) is 251 cm³/mol. The molecule has 0 spiro atoms. The van der Waals surface area contributed by atoms with Crippen LogP contribution in [-0.2, 0) is 75.9 Å². The summed E-state index contributed by atoms with van der Waals surface area (Å²) in [6.45, 7) is -0.152. The zero-order valence-corrected chi connectivity index (χ0v) is 43.4. The van der Waals surface area contributed by atoms with E-state index in [1.165, 1.54) is 20.1 Å². The Morgan fingerprint density at radius 1 is 1.03 bits per heavy atom. The molecule has 2 aromatic rings. The number of aromatic nitrogens is 4. The summed E-state index contributed by atoms with van der Waals surface area (Å²) in [5.41, 5.74) is 9.55. The molecule has 38 heteroatoms. The first-order valence-corrected chi connectivity index (χ1v) is 28.7. The van der Waals surface area contributed by atoms with Crippen LogP contribution < -0.4 is 27.4 Å². The number of aliphatic hydroxyl groups is 2. The third-order valence-electron chi connectivity index (χ3n) is 10.4. The van der Waals surface area contributed by atoms with Crippen LogP contribution >= 0.6 is 47.9 Å². The number of carbonyl (C=O) groups is 6. The first-order valence-electron chi connectivity index (χ1n) is 21.0. The number of aliphatic carboxylic acids is 1. The van der Waals surface area contributed by atoms with Crippen molar-refractivity contribution in [1.82, 2.24) is 40.4 Å². The molecule has 14 N–H and O–H groups in total. The molecule has 4 amide bonds. The molecule has 2 aliphatic rings. The Balaban J connectivity index is 1.18. The lowest BCUT2D eigenvalue weighted by Gasteiger charge is -2.47. The van der Waals surface area contributed by atoms with Crippen molar-refractivity contribution in [2.75, 3.05) is 49.8 Å². The lowest BCUT2D eigenvalue weighted by molar-refractivity contribution is -0.153. The van der Waals surface area contributed by atoms with Gasteiger partial charge >= 0.3 is 29.4 Å². The van der Waals surface area contributed by atoms with Gasteiger partial charge in [0.05, 0.1) is 25.3 Å². The van der Waals surface area contributed by atoms with Crippen LogP contribution in [0.2, 0.25) is 0 Å². The number of thioether (sulfide) groups is 1. The normalized spacial score (nSPS) is 23.8. The van der Waals surface area contributed by atoms with Crippen molar-refractivity contribution < 1.29 is 104 Å². The number of carboxylic acid groups (broad SMARTS) is 1. The zero-order chi connectivity index (χ0) is 54.1. The Hall–Kier alpha value is -3.57. The first kappa shape index (κ1) is 61.0. The molecule has 2 fully saturated rings. The van der Waals surface area contributed by atoms with Crippen LogP contribution in [0.5, 0.6) is 0 Å². The van der Waals surface area contributed by atoms with Gasteiger partial charge in [-0.15, -0.1) is 0 Å². The van der Waals surface area contributed by atoms with E-state index < -0.39 is 142 Å². The monoisotopic (exact) mass is 1140 g/mol. The molecular weight excluding hydrogens is 1090 g/mol. The number of thiol groups is 1. The van der Waals surface area contributed by atoms with Crippen LogP contribution in [0.1, 0.15) is 45.8 Å². The quantitative estimate of drug-likeness (QED) is 0.0163. The number of phosphoric acid groups is 3. The average molecular weight is 1140 g/mol. The number of phosphoric ester groups is 3. The molecule has 2 saturated heterocycles. The van der Waals surface area contributed by atoms with Crippen molar-refractivity contribution in [3.05, 3.63) is 12.7 Å². The van der Waals surface area contributed by atoms with E-state index in [0.717, 1.165) is 33.9 Å². The number of ether oxygens (including phenoxy) is 1. The van der Waals surface area contributed by atoms with E-state index in [1.54, 1.807) is 0 Å². The number of nitrogen functional groups attached to an aromatic ring is 1. The summed E-state index contributed by atoms with van der Waals surface area (Å²) in [5.74, 6) is -4.43. The fourth-order valence-corrected chi connectivity index (χ4v) is 11.6. The molecule has 12 atom stereocenters. The summed E-state index contributed by atoms with van der Waals surface area (Å²) in [7, 11) is -18.1. The summed E-state index contributed by atoms with van der Waals surface area (Å²) < 4.78 is 74.5. The minimum Gasteiger partial charge on any atom is -0.480 e. The molecule has 406 valence electrons. The summed E-state index contributed by atoms with van der Waals surface area (Å²) in [4.78, 5) is 127. The van der Waals surface area contributed by atoms with Crippen LogP contribution in [0, 0.1) is 5.41 Å². The summed E-state index contributed by atoms with van der Waals surface area (Å²) in [5, 5.41) is 36.2. The topological polar surface area (TPSA) is 493 Å². The van der Waals surface area contributed by atoms with E-state index in [2.05, 4.69) is 52.4 Å². The predicted octanol–water partition coefficient (Wildman–Crippen LogP) is -3.42. The van der Waals surface area contributed by atoms with Gasteiger partial charge in [0.15, 0.2) is 17.7 Å². The molecule has 2 aromatic heterocycles. The molecule has 32 nitrogen and oxygen atoms in total. The van der Waals surface area contributed by atoms with Gasteiger partial charge in [0.25, 0.3) is 0 Å². The Kier molecular flexibility index (Phi) is 21.8. The number of nitrogens with zero attached hydrogens (tertiary/aromatic N) is 5. The summed E-state index contributed by atoms with van der Waals surface area (Å²) >= 11 is 5.07. The Morgan fingerprint density at radius 2 is 1.69 bits per heavy atom. The standard InChI is InChI=1S/C34H55N10O22P3S3/c1-34(2,13-63-69(59,60)66-68(57,58)62-11-18-24(65-67(54,55)56)23(47)30(64-18)43-15-41-21-26(36)39-14-40-27(21)43)25(48)28(49)38-8-7-19(45)37-9-10-71-33(53)17(12-72(3)61)44-29(50)22(31(44)70)42-20(46)6-4-5-16(35)32(51)52/h14-18,22-25,30-31,47-48,70H,4-13,35H2,1-3H3,(H,37,45)(H,38,49)(H,42,46)(H,51,52)(H,57,58)(H,59,60)(H2,36,39,40)(H2,54,55,56). The Labute approximate surface area is 420 Å². The summed E-state index contributed by atoms with van der Waals surface area (Å²) in [6.07, 6.45) is -6.01. The highest BCUT2D eigenvalue weighted by Gasteiger charge is 2.52. The van der Waals surface area contributed by atoms with Crippen LogP contribution in [0.4, 0.5) is 5.82 Å². The van der Waals surface area contributed by atoms with Crippen molar-refractivity contribution in [2.24, 2.45) is 11.1 Å². The Bertz CT molecular complexity index is 2490. The maximum atomic E-state index is 13.1. The molecule has 0 saturated carbocycles. The highest BCUT2D eigenvalue weighted by Crippen LogP contribution is 2.61. The van der Waals surface area contributed by atoms with Gasteiger partial charge in [-0.2, -0.15) is 16.9 Å². The van der Waals surface area contributed by atoms with Crippen molar-refractivity contribution in [3.8, 4) is 0 Å². The van der Waals surface area contributed by atoms with Crippen LogP contribution in [0.3, 0.4) is 0 Å². The highest BCUT2D eigenvalue weighted by atomic mass is 32.2. The minimum atomic E-state index is -5.64. The maximum absolute atomic E-state index is 13.1. The number of imidazole rings is 1. The molecule has 2 aliphatic heterocycles. The molecule has 0 aliphatic carbocycles. The van der Waals surface area contributed by atoms with Gasteiger partial charge in [-0.25, -0.2) is 28.6 Å². The Morgan fingerprint density at radius 3 is 2.32 bits per heavy atom. The van der Waals surface area contributed by atoms with Gasteiger partial charge < -0.3 is 71.9 Å². The number of hydrogen-bond donors (Lipinski definition) is 13. The number of fused-ring (bicyclic) bond motifs is 1. The SMILES string of the molecule is CS(=O)CC(C(=O)SCCNC(=O)CCNC(=O)C(O)C(C)(C)COP(=O)(O)OP(=O)(O)OCC1OC(n2cnc3c(N)ncnc32)C(O)C1OP(=O)(O)O)N1C(=O)C(NC(=O)CCCC(N)C(=O)O)C1S. The van der Waals surface area contributed by atoms with Crippen molar-refractivity contribution in [3.63, 3.8) is 0 Å². The number of nitrogens with two attached hydrogens (primary N) is 2. The van der Waals surface area contributed by atoms with E-state index in [0.29, 0.717) is 0 Å². The number of likely N-dealkylation sites (tertiary alicyclic amines) is 1. The molecule has 0 bridgehead atoms. The second-order valence-corrected chi connectivity index (χ2v) is 23.9. The molecule has 72 heavy (non-hydrogen) atoms. The van der Waals surface area contributed by atoms with Crippen LogP contribution in [0.25, 0.3) is 11.2 Å². The largest absolute Gasteiger partial charge is 0.481 e. The zero-order valence-electron chi connectivity index (χ0n) is 38.2. The second kappa shape index (κ2) is 25.8. The van der Waals surface area contributed by atoms with Crippen molar-refractivity contribution in [2.45, 2.75) is 93.7 Å². The minimum absolute atomic E-state index is 0.00215. The number of rotatable bonds is 29. The lowest BCUT2D eigenvalue weighted by Crippen LogP contribution is -2.72. The molecule has 12 unspecified atom stereocenters. The third kappa shape index (κ3) is 17.2. The van der Waals surface area contributed by atoms with E-state index in [4.69, 9.17) is 30.4 Å². The summed E-state index contributed by atoms with van der Waals surface area (Å²) in [6, 6.07) is -3.44. The van der Waals surface area contributed by atoms with Gasteiger partial charge in [0.1, 0.15) is 59.8 Å². The third-order valence-corrected chi connectivity index (χ3v) is 15.8. The van der Waals surface area contributed by atoms with E-state index in [1.807, 2.05) is 0 Å². The number of β-lactam (4-membered cyclic amide) rings is 1. The van der Waals surface area contributed by atoms with E-state index in [9.17, 15) is 76.5 Å². The number of amides is 4. The molecule has 4 rings (SSSR count). The van der Waals surface area contributed by atoms with Gasteiger partial charge in [-0.3, -0.25) is 51.1 Å². The van der Waals surface area contributed by atoms with E-state index in [-0.39, 0.29) is 67.3 Å². The number of nitrogens with one attached hydrogen (secondary N) is 3. The fraction of sp³-hybridized carbons (Fsp3) is 0.676. The van der Waals surface area contributed by atoms with Crippen molar-refractivity contribution >= 4 is 110 Å². The van der Waals surface area contributed by atoms with Crippen molar-refractivity contribution in [1.29, 1.82) is 0 Å². The molecule has 4 heterocycles. The molecule has 0 radical (unpaired) electrons. The van der Waals surface area contributed by atoms with E-state index >= 15 is 0 Å². The van der Waals surface area contributed by atoms with Gasteiger partial charge in [0, 0.05) is 54.2 Å². The lowest BCUT2D eigenvalue weighted by atomic mass is 9.87. The molecular formula is C34H55N10O22P3S3. The van der Waals surface area contributed by atoms with Gasteiger partial charge in [0.2, 0.25) is 28.7 Å². The number of anilines is 1. The smallest absolute Gasteiger partial charge is 0.480 e. The number of hydrogen-bond acceptors (Lipinski definition) is 24. The number of aliphatic hydroxyl groups excluding tert-OH is 2. The van der Waals surface area contributed by atoms with Crippen LogP contribution in [-0.4, -0.2) is 190 Å². The second-order valence-electron chi connectivity index (χ2n) is 16.5. The average Bonchev–Trinajstić information content (AvgIpc) is 3.84. The fourth-order valence-electron chi connectivity index (χ4n) is 6.69. The van der Waals surface area contributed by atoms with Gasteiger partial charge in [-0.1, -0.05) is 25.6 Å². The van der Waals surface area contributed by atoms with Gasteiger partial charge in [-0.05, 0) is 12.8 Å². The first-order chi connectivity index (χ1) is 33.3. The highest BCUT2D eigenvalue weighted by molar-refractivity contribution is 8.13. The maximum Gasteiger partial charge on any atom is 0.481 e. The number of carboxylic acids is 1. The van der Waals surface area contributed by atoms with Crippen LogP contribution in [0.15, 0.2) is 12.7 Å².